The summed E-state index contributed by atoms with van der Waals surface area (Å²) >= 11 is 0. The molecule has 1 aromatic rings. The van der Waals surface area contributed by atoms with E-state index in [1.165, 1.54) is 12.8 Å². The molecule has 19 heavy (non-hydrogen) atoms. The van der Waals surface area contributed by atoms with Crippen molar-refractivity contribution in [3.8, 4) is 0 Å². The lowest BCUT2D eigenvalue weighted by molar-refractivity contribution is -0.122. The highest BCUT2D eigenvalue weighted by Gasteiger charge is 2.38. The van der Waals surface area contributed by atoms with Gasteiger partial charge in [-0.25, -0.2) is 0 Å². The summed E-state index contributed by atoms with van der Waals surface area (Å²) in [5, 5.41) is 3.12. The van der Waals surface area contributed by atoms with Crippen molar-refractivity contribution in [2.45, 2.75) is 38.1 Å². The van der Waals surface area contributed by atoms with Crippen LogP contribution < -0.4 is 11.1 Å². The minimum absolute atomic E-state index is 0. The summed E-state index contributed by atoms with van der Waals surface area (Å²) < 4.78 is 0. The number of halogens is 1. The highest BCUT2D eigenvalue weighted by atomic mass is 35.5. The lowest BCUT2D eigenvalue weighted by atomic mass is 9.98. The first-order chi connectivity index (χ1) is 8.76. The molecule has 1 aromatic carbocycles. The van der Waals surface area contributed by atoms with Crippen LogP contribution in [0.3, 0.4) is 0 Å². The minimum atomic E-state index is -0.214. The van der Waals surface area contributed by atoms with Crippen molar-refractivity contribution in [3.05, 3.63) is 35.9 Å². The summed E-state index contributed by atoms with van der Waals surface area (Å²) in [4.78, 5) is 12.2. The summed E-state index contributed by atoms with van der Waals surface area (Å²) in [5.41, 5.74) is 6.74. The van der Waals surface area contributed by atoms with E-state index in [1.807, 2.05) is 30.3 Å². The first-order valence-electron chi connectivity index (χ1n) is 6.81. The average molecular weight is 283 g/mol. The van der Waals surface area contributed by atoms with Crippen LogP contribution in [0.15, 0.2) is 30.3 Å². The van der Waals surface area contributed by atoms with Gasteiger partial charge in [0.2, 0.25) is 5.91 Å². The molecule has 0 aromatic heterocycles. The van der Waals surface area contributed by atoms with E-state index in [4.69, 9.17) is 5.73 Å². The SMILES string of the molecule is CCCC1CC1NC(=O)C(CN)c1ccccc1.Cl. The Balaban J connectivity index is 0.00000180. The van der Waals surface area contributed by atoms with Crippen LogP contribution in [-0.4, -0.2) is 18.5 Å². The molecule has 0 bridgehead atoms. The molecule has 3 unspecified atom stereocenters. The van der Waals surface area contributed by atoms with Crippen LogP contribution in [0.5, 0.6) is 0 Å². The maximum atomic E-state index is 12.2. The second-order valence-electron chi connectivity index (χ2n) is 5.10. The molecule has 1 saturated carbocycles. The Labute approximate surface area is 121 Å². The van der Waals surface area contributed by atoms with E-state index in [1.54, 1.807) is 0 Å². The molecule has 0 spiro atoms. The molecule has 0 aliphatic heterocycles. The summed E-state index contributed by atoms with van der Waals surface area (Å²) in [6.07, 6.45) is 3.53. The van der Waals surface area contributed by atoms with E-state index in [2.05, 4.69) is 12.2 Å². The number of nitrogens with two attached hydrogens (primary N) is 1. The van der Waals surface area contributed by atoms with Crippen LogP contribution in [0, 0.1) is 5.92 Å². The number of carbonyl (C=O) groups is 1. The Morgan fingerprint density at radius 3 is 2.68 bits per heavy atom. The number of rotatable bonds is 6. The summed E-state index contributed by atoms with van der Waals surface area (Å²) in [6.45, 7) is 2.55. The third-order valence-corrected chi connectivity index (χ3v) is 3.66. The zero-order valence-corrected chi connectivity index (χ0v) is 12.2. The topological polar surface area (TPSA) is 55.1 Å². The van der Waals surface area contributed by atoms with Crippen molar-refractivity contribution in [3.63, 3.8) is 0 Å². The molecule has 3 N–H and O–H groups in total. The minimum Gasteiger partial charge on any atom is -0.353 e. The van der Waals surface area contributed by atoms with Crippen LogP contribution >= 0.6 is 12.4 Å². The van der Waals surface area contributed by atoms with Crippen molar-refractivity contribution in [1.82, 2.24) is 5.32 Å². The van der Waals surface area contributed by atoms with Gasteiger partial charge in [0.1, 0.15) is 0 Å². The Morgan fingerprint density at radius 2 is 2.11 bits per heavy atom. The summed E-state index contributed by atoms with van der Waals surface area (Å²) in [6, 6.07) is 10.2. The van der Waals surface area contributed by atoms with Crippen molar-refractivity contribution in [1.29, 1.82) is 0 Å². The van der Waals surface area contributed by atoms with E-state index in [0.717, 1.165) is 12.0 Å². The van der Waals surface area contributed by atoms with Gasteiger partial charge in [0.05, 0.1) is 5.92 Å². The Morgan fingerprint density at radius 1 is 1.42 bits per heavy atom. The molecule has 106 valence electrons. The molecule has 3 atom stereocenters. The molecule has 1 aliphatic rings. The quantitative estimate of drug-likeness (QED) is 0.842. The fourth-order valence-electron chi connectivity index (χ4n) is 2.48. The van der Waals surface area contributed by atoms with Gasteiger partial charge in [-0.05, 0) is 24.3 Å². The van der Waals surface area contributed by atoms with Gasteiger partial charge in [-0.1, -0.05) is 43.7 Å². The van der Waals surface area contributed by atoms with Crippen molar-refractivity contribution < 1.29 is 4.79 Å². The maximum absolute atomic E-state index is 12.2. The van der Waals surface area contributed by atoms with Crippen molar-refractivity contribution >= 4 is 18.3 Å². The molecule has 1 fully saturated rings. The molecule has 0 radical (unpaired) electrons. The highest BCUT2D eigenvalue weighted by Crippen LogP contribution is 2.35. The zero-order chi connectivity index (χ0) is 13.0. The predicted octanol–water partition coefficient (Wildman–Crippen LogP) is 2.46. The number of carbonyl (C=O) groups excluding carboxylic acids is 1. The Bertz CT molecular complexity index is 396. The third kappa shape index (κ3) is 4.22. The van der Waals surface area contributed by atoms with E-state index in [0.29, 0.717) is 18.5 Å². The standard InChI is InChI=1S/C15H22N2O.ClH/c1-2-6-12-9-14(12)17-15(18)13(10-16)11-7-4-3-5-8-11;/h3-5,7-8,12-14H,2,6,9-10,16H2,1H3,(H,17,18);1H. The van der Waals surface area contributed by atoms with Crippen LogP contribution in [-0.2, 0) is 4.79 Å². The highest BCUT2D eigenvalue weighted by molar-refractivity contribution is 5.85. The molecule has 1 amide bonds. The number of benzene rings is 1. The fraction of sp³-hybridized carbons (Fsp3) is 0.533. The van der Waals surface area contributed by atoms with E-state index in [9.17, 15) is 4.79 Å². The summed E-state index contributed by atoms with van der Waals surface area (Å²) in [5.74, 6) is 0.550. The van der Waals surface area contributed by atoms with Crippen molar-refractivity contribution in [2.24, 2.45) is 11.7 Å². The number of hydrogen-bond acceptors (Lipinski definition) is 2. The molecule has 4 heteroatoms. The molecule has 3 nitrogen and oxygen atoms in total. The second-order valence-corrected chi connectivity index (χ2v) is 5.10. The monoisotopic (exact) mass is 282 g/mol. The fourth-order valence-corrected chi connectivity index (χ4v) is 2.48. The second kappa shape index (κ2) is 7.51. The zero-order valence-electron chi connectivity index (χ0n) is 11.3. The van der Waals surface area contributed by atoms with Crippen LogP contribution in [0.2, 0.25) is 0 Å². The smallest absolute Gasteiger partial charge is 0.229 e. The van der Waals surface area contributed by atoms with Gasteiger partial charge in [-0.15, -0.1) is 12.4 Å². The van der Waals surface area contributed by atoms with Gasteiger partial charge < -0.3 is 11.1 Å². The van der Waals surface area contributed by atoms with Crippen LogP contribution in [0.25, 0.3) is 0 Å². The maximum Gasteiger partial charge on any atom is 0.229 e. The molecular formula is C15H23ClN2O. The number of amides is 1. The molecule has 0 heterocycles. The van der Waals surface area contributed by atoms with Crippen LogP contribution in [0.1, 0.15) is 37.7 Å². The van der Waals surface area contributed by atoms with Crippen LogP contribution in [0.4, 0.5) is 0 Å². The lowest BCUT2D eigenvalue weighted by Crippen LogP contribution is -2.35. The van der Waals surface area contributed by atoms with E-state index < -0.39 is 0 Å². The van der Waals surface area contributed by atoms with Gasteiger partial charge in [0.15, 0.2) is 0 Å². The van der Waals surface area contributed by atoms with Gasteiger partial charge in [0, 0.05) is 12.6 Å². The largest absolute Gasteiger partial charge is 0.353 e. The first-order valence-corrected chi connectivity index (χ1v) is 6.81. The molecule has 0 saturated heterocycles. The Kier molecular flexibility index (Phi) is 6.32. The first kappa shape index (κ1) is 16.0. The van der Waals surface area contributed by atoms with Gasteiger partial charge in [0.25, 0.3) is 0 Å². The number of nitrogens with one attached hydrogen (secondary N) is 1. The normalized spacial score (nSPS) is 22.2. The Hall–Kier alpha value is -1.06. The number of hydrogen-bond donors (Lipinski definition) is 2. The molecule has 2 rings (SSSR count). The van der Waals surface area contributed by atoms with Crippen molar-refractivity contribution in [2.75, 3.05) is 6.54 Å². The van der Waals surface area contributed by atoms with E-state index >= 15 is 0 Å². The van der Waals surface area contributed by atoms with E-state index in [-0.39, 0.29) is 24.2 Å². The van der Waals surface area contributed by atoms with Gasteiger partial charge >= 0.3 is 0 Å². The summed E-state index contributed by atoms with van der Waals surface area (Å²) in [7, 11) is 0. The lowest BCUT2D eigenvalue weighted by Gasteiger charge is -2.15. The third-order valence-electron chi connectivity index (χ3n) is 3.66. The molecular weight excluding hydrogens is 260 g/mol. The van der Waals surface area contributed by atoms with Gasteiger partial charge in [-0.2, -0.15) is 0 Å². The average Bonchev–Trinajstić information content (AvgIpc) is 3.10. The van der Waals surface area contributed by atoms with Gasteiger partial charge in [-0.3, -0.25) is 4.79 Å². The predicted molar refractivity (Wildman–Crippen MR) is 80.4 cm³/mol. The molecule has 1 aliphatic carbocycles.